The lowest BCUT2D eigenvalue weighted by molar-refractivity contribution is -0.130. The summed E-state index contributed by atoms with van der Waals surface area (Å²) in [7, 11) is 1.60. The number of aryl methyl sites for hydroxylation is 1. The van der Waals surface area contributed by atoms with E-state index in [1.54, 1.807) is 17.9 Å². The SMILES string of the molecule is COc1ccc2c(OCCC(O)C(=O)NC3CC3)cc(-n3ccc(C)n3)nc2c1. The first kappa shape index (κ1) is 19.2. The van der Waals surface area contributed by atoms with Gasteiger partial charge in [-0.2, -0.15) is 5.10 Å². The van der Waals surface area contributed by atoms with Gasteiger partial charge in [0, 0.05) is 36.2 Å². The quantitative estimate of drug-likeness (QED) is 0.605. The van der Waals surface area contributed by atoms with Crippen molar-refractivity contribution in [1.29, 1.82) is 0 Å². The van der Waals surface area contributed by atoms with Crippen molar-refractivity contribution < 1.29 is 19.4 Å². The maximum atomic E-state index is 11.9. The number of aliphatic hydroxyl groups excluding tert-OH is 1. The molecule has 2 aromatic heterocycles. The van der Waals surface area contributed by atoms with Crippen molar-refractivity contribution in [1.82, 2.24) is 20.1 Å². The number of nitrogens with one attached hydrogen (secondary N) is 1. The van der Waals surface area contributed by atoms with Gasteiger partial charge < -0.3 is 19.9 Å². The first-order valence-electron chi connectivity index (χ1n) is 9.66. The molecule has 2 heterocycles. The van der Waals surface area contributed by atoms with Gasteiger partial charge in [0.2, 0.25) is 5.91 Å². The number of hydrogen-bond donors (Lipinski definition) is 2. The van der Waals surface area contributed by atoms with Crippen LogP contribution in [0.25, 0.3) is 16.7 Å². The van der Waals surface area contributed by atoms with Crippen LogP contribution >= 0.6 is 0 Å². The van der Waals surface area contributed by atoms with Crippen LogP contribution in [-0.2, 0) is 4.79 Å². The standard InChI is InChI=1S/C21H24N4O4/c1-13-7-9-25(24-13)20-12-19(16-6-5-15(28-2)11-17(16)23-20)29-10-8-18(26)21(27)22-14-3-4-14/h5-7,9,11-12,14,18,26H,3-4,8,10H2,1-2H3,(H,22,27). The van der Waals surface area contributed by atoms with Crippen LogP contribution in [0.2, 0.25) is 0 Å². The summed E-state index contributed by atoms with van der Waals surface area (Å²) >= 11 is 0. The summed E-state index contributed by atoms with van der Waals surface area (Å²) in [5.74, 6) is 1.57. The molecule has 1 aromatic carbocycles. The van der Waals surface area contributed by atoms with Gasteiger partial charge in [0.25, 0.3) is 0 Å². The number of pyridine rings is 1. The fraction of sp³-hybridized carbons (Fsp3) is 0.381. The number of carbonyl (C=O) groups excluding carboxylic acids is 1. The highest BCUT2D eigenvalue weighted by atomic mass is 16.5. The fourth-order valence-corrected chi connectivity index (χ4v) is 3.01. The molecule has 1 fully saturated rings. The molecule has 8 heteroatoms. The van der Waals surface area contributed by atoms with Crippen LogP contribution in [0.4, 0.5) is 0 Å². The number of methoxy groups -OCH3 is 1. The van der Waals surface area contributed by atoms with Crippen molar-refractivity contribution in [3.8, 4) is 17.3 Å². The van der Waals surface area contributed by atoms with Gasteiger partial charge in [0.1, 0.15) is 17.6 Å². The van der Waals surface area contributed by atoms with Crippen molar-refractivity contribution in [3.63, 3.8) is 0 Å². The van der Waals surface area contributed by atoms with Gasteiger partial charge in [-0.1, -0.05) is 0 Å². The Morgan fingerprint density at radius 1 is 1.34 bits per heavy atom. The van der Waals surface area contributed by atoms with Crippen molar-refractivity contribution in [2.24, 2.45) is 0 Å². The second-order valence-electron chi connectivity index (χ2n) is 7.20. The molecule has 1 atom stereocenters. The van der Waals surface area contributed by atoms with Crippen molar-refractivity contribution >= 4 is 16.8 Å². The monoisotopic (exact) mass is 396 g/mol. The second-order valence-corrected chi connectivity index (χ2v) is 7.20. The van der Waals surface area contributed by atoms with E-state index in [2.05, 4.69) is 15.4 Å². The predicted octanol–water partition coefficient (Wildman–Crippen LogP) is 2.15. The number of carbonyl (C=O) groups is 1. The van der Waals surface area contributed by atoms with E-state index in [9.17, 15) is 9.90 Å². The third-order valence-corrected chi connectivity index (χ3v) is 4.80. The maximum Gasteiger partial charge on any atom is 0.249 e. The van der Waals surface area contributed by atoms with E-state index in [1.807, 2.05) is 37.4 Å². The normalized spacial score (nSPS) is 14.6. The van der Waals surface area contributed by atoms with Crippen LogP contribution in [-0.4, -0.2) is 51.6 Å². The number of rotatable bonds is 8. The van der Waals surface area contributed by atoms with Crippen LogP contribution in [0, 0.1) is 6.92 Å². The summed E-state index contributed by atoms with van der Waals surface area (Å²) in [4.78, 5) is 16.6. The average molecular weight is 396 g/mol. The van der Waals surface area contributed by atoms with Gasteiger partial charge in [-0.15, -0.1) is 0 Å². The third-order valence-electron chi connectivity index (χ3n) is 4.80. The van der Waals surface area contributed by atoms with Gasteiger partial charge in [-0.25, -0.2) is 9.67 Å². The molecule has 0 radical (unpaired) electrons. The Labute approximate surface area is 168 Å². The van der Waals surface area contributed by atoms with E-state index in [4.69, 9.17) is 9.47 Å². The van der Waals surface area contributed by atoms with E-state index in [0.29, 0.717) is 22.8 Å². The lowest BCUT2D eigenvalue weighted by Gasteiger charge is -2.14. The largest absolute Gasteiger partial charge is 0.497 e. The molecular weight excluding hydrogens is 372 g/mol. The maximum absolute atomic E-state index is 11.9. The number of aliphatic hydroxyl groups is 1. The van der Waals surface area contributed by atoms with Crippen molar-refractivity contribution in [2.45, 2.75) is 38.3 Å². The molecule has 3 aromatic rings. The molecule has 4 rings (SSSR count). The highest BCUT2D eigenvalue weighted by Gasteiger charge is 2.26. The van der Waals surface area contributed by atoms with Crippen molar-refractivity contribution in [3.05, 3.63) is 42.2 Å². The zero-order valence-electron chi connectivity index (χ0n) is 16.5. The second kappa shape index (κ2) is 8.08. The Morgan fingerprint density at radius 3 is 2.86 bits per heavy atom. The van der Waals surface area contributed by atoms with Crippen LogP contribution in [0.15, 0.2) is 36.5 Å². The van der Waals surface area contributed by atoms with Crippen LogP contribution < -0.4 is 14.8 Å². The molecule has 8 nitrogen and oxygen atoms in total. The zero-order chi connectivity index (χ0) is 20.4. The van der Waals surface area contributed by atoms with E-state index < -0.39 is 6.10 Å². The lowest BCUT2D eigenvalue weighted by Crippen LogP contribution is -2.36. The summed E-state index contributed by atoms with van der Waals surface area (Å²) in [5.41, 5.74) is 1.59. The minimum absolute atomic E-state index is 0.196. The molecule has 1 aliphatic rings. The summed E-state index contributed by atoms with van der Waals surface area (Å²) in [6.45, 7) is 2.11. The zero-order valence-corrected chi connectivity index (χ0v) is 16.5. The Kier molecular flexibility index (Phi) is 5.35. The first-order valence-corrected chi connectivity index (χ1v) is 9.66. The number of fused-ring (bicyclic) bond motifs is 1. The predicted molar refractivity (Wildman–Crippen MR) is 107 cm³/mol. The minimum Gasteiger partial charge on any atom is -0.497 e. The Morgan fingerprint density at radius 2 is 2.17 bits per heavy atom. The van der Waals surface area contributed by atoms with Crippen molar-refractivity contribution in [2.75, 3.05) is 13.7 Å². The van der Waals surface area contributed by atoms with Crippen LogP contribution in [0.5, 0.6) is 11.5 Å². The molecule has 1 unspecified atom stereocenters. The average Bonchev–Trinajstić information content (AvgIpc) is 3.43. The van der Waals surface area contributed by atoms with E-state index in [0.717, 1.165) is 23.9 Å². The Bertz CT molecular complexity index is 1030. The summed E-state index contributed by atoms with van der Waals surface area (Å²) < 4.78 is 12.9. The lowest BCUT2D eigenvalue weighted by atomic mass is 10.2. The highest BCUT2D eigenvalue weighted by molar-refractivity contribution is 5.87. The Hall–Kier alpha value is -3.13. The molecule has 29 heavy (non-hydrogen) atoms. The number of nitrogens with zero attached hydrogens (tertiary/aromatic N) is 3. The van der Waals surface area contributed by atoms with E-state index >= 15 is 0 Å². The highest BCUT2D eigenvalue weighted by Crippen LogP contribution is 2.30. The fourth-order valence-electron chi connectivity index (χ4n) is 3.01. The minimum atomic E-state index is -1.09. The van der Waals surface area contributed by atoms with Gasteiger partial charge in [-0.05, 0) is 38.0 Å². The Balaban J connectivity index is 1.55. The van der Waals surface area contributed by atoms with Gasteiger partial charge in [0.05, 0.1) is 24.9 Å². The number of ether oxygens (including phenoxy) is 2. The van der Waals surface area contributed by atoms with Crippen LogP contribution in [0.1, 0.15) is 25.0 Å². The molecule has 1 aliphatic carbocycles. The molecule has 0 aliphatic heterocycles. The van der Waals surface area contributed by atoms with Crippen LogP contribution in [0.3, 0.4) is 0 Å². The molecular formula is C21H24N4O4. The van der Waals surface area contributed by atoms with Gasteiger partial charge in [0.15, 0.2) is 5.82 Å². The summed E-state index contributed by atoms with van der Waals surface area (Å²) in [6.07, 6.45) is 2.92. The molecule has 0 bridgehead atoms. The van der Waals surface area contributed by atoms with Gasteiger partial charge in [-0.3, -0.25) is 4.79 Å². The third kappa shape index (κ3) is 4.48. The number of aromatic nitrogens is 3. The van der Waals surface area contributed by atoms with E-state index in [-0.39, 0.29) is 25.0 Å². The summed E-state index contributed by atoms with van der Waals surface area (Å²) in [5, 5.41) is 18.1. The molecule has 152 valence electrons. The molecule has 0 saturated heterocycles. The smallest absolute Gasteiger partial charge is 0.249 e. The number of benzene rings is 1. The van der Waals surface area contributed by atoms with E-state index in [1.165, 1.54) is 0 Å². The number of hydrogen-bond acceptors (Lipinski definition) is 6. The topological polar surface area (TPSA) is 98.5 Å². The molecule has 1 saturated carbocycles. The summed E-state index contributed by atoms with van der Waals surface area (Å²) in [6, 6.07) is 9.47. The molecule has 2 N–H and O–H groups in total. The molecule has 1 amide bonds. The van der Waals surface area contributed by atoms with Gasteiger partial charge >= 0.3 is 0 Å². The first-order chi connectivity index (χ1) is 14.0. The molecule has 0 spiro atoms. The number of amides is 1.